The number of nitrogens with two attached hydrogens (primary N) is 1. The van der Waals surface area contributed by atoms with Crippen LogP contribution in [0, 0.1) is 0 Å². The van der Waals surface area contributed by atoms with Crippen molar-refractivity contribution >= 4 is 11.7 Å². The van der Waals surface area contributed by atoms with E-state index in [9.17, 15) is 18.0 Å². The van der Waals surface area contributed by atoms with Gasteiger partial charge in [0.1, 0.15) is 5.69 Å². The molecule has 0 saturated carbocycles. The second kappa shape index (κ2) is 5.10. The lowest BCUT2D eigenvalue weighted by molar-refractivity contribution is -0.141. The van der Waals surface area contributed by atoms with Crippen molar-refractivity contribution < 1.29 is 18.0 Å². The number of hydrogen-bond acceptors (Lipinski definition) is 3. The molecule has 1 aliphatic rings. The van der Waals surface area contributed by atoms with E-state index in [0.717, 1.165) is 11.1 Å². The SMILES string of the molecule is C[C@@H](C1=NN(C(N)=O)CC1)c1ccc(C(F)(F)F)nc1. The number of hydrazone groups is 1. The van der Waals surface area contributed by atoms with E-state index in [1.807, 2.05) is 0 Å². The number of rotatable bonds is 2. The van der Waals surface area contributed by atoms with Crippen LogP contribution in [-0.2, 0) is 6.18 Å². The average Bonchev–Trinajstić information content (AvgIpc) is 2.86. The fraction of sp³-hybridized carbons (Fsp3) is 0.417. The first kappa shape index (κ1) is 14.3. The largest absolute Gasteiger partial charge is 0.433 e. The monoisotopic (exact) mass is 286 g/mol. The number of amides is 2. The Morgan fingerprint density at radius 3 is 2.60 bits per heavy atom. The molecule has 0 spiro atoms. The number of nitrogens with zero attached hydrogens (tertiary/aromatic N) is 3. The maximum atomic E-state index is 12.4. The molecule has 0 aromatic carbocycles. The predicted octanol–water partition coefficient (Wildman–Crippen LogP) is 2.34. The second-order valence-corrected chi connectivity index (χ2v) is 4.50. The third kappa shape index (κ3) is 2.89. The van der Waals surface area contributed by atoms with Crippen LogP contribution in [0.15, 0.2) is 23.4 Å². The van der Waals surface area contributed by atoms with Crippen LogP contribution in [0.3, 0.4) is 0 Å². The first-order valence-electron chi connectivity index (χ1n) is 5.96. The summed E-state index contributed by atoms with van der Waals surface area (Å²) >= 11 is 0. The first-order chi connectivity index (χ1) is 9.29. The zero-order valence-electron chi connectivity index (χ0n) is 10.7. The minimum Gasteiger partial charge on any atom is -0.350 e. The molecule has 0 aliphatic carbocycles. The molecular formula is C12H13F3N4O. The van der Waals surface area contributed by atoms with Crippen LogP contribution in [0.2, 0.25) is 0 Å². The summed E-state index contributed by atoms with van der Waals surface area (Å²) in [5, 5.41) is 5.20. The zero-order chi connectivity index (χ0) is 14.9. The minimum atomic E-state index is -4.45. The number of alkyl halides is 3. The van der Waals surface area contributed by atoms with Gasteiger partial charge in [-0.2, -0.15) is 18.3 Å². The molecule has 0 saturated heterocycles. The molecule has 8 heteroatoms. The molecule has 5 nitrogen and oxygen atoms in total. The fourth-order valence-corrected chi connectivity index (χ4v) is 1.96. The van der Waals surface area contributed by atoms with Crippen molar-refractivity contribution in [2.24, 2.45) is 10.8 Å². The van der Waals surface area contributed by atoms with Crippen LogP contribution in [0.1, 0.15) is 30.5 Å². The van der Waals surface area contributed by atoms with Gasteiger partial charge < -0.3 is 5.73 Å². The Balaban J connectivity index is 2.16. The van der Waals surface area contributed by atoms with Crippen molar-refractivity contribution in [1.29, 1.82) is 0 Å². The highest BCUT2D eigenvalue weighted by Gasteiger charge is 2.32. The molecule has 2 rings (SSSR count). The summed E-state index contributed by atoms with van der Waals surface area (Å²) < 4.78 is 37.3. The van der Waals surface area contributed by atoms with Gasteiger partial charge in [-0.25, -0.2) is 9.80 Å². The Morgan fingerprint density at radius 2 is 2.15 bits per heavy atom. The molecule has 0 unspecified atom stereocenters. The lowest BCUT2D eigenvalue weighted by atomic mass is 9.96. The second-order valence-electron chi connectivity index (χ2n) is 4.50. The highest BCUT2D eigenvalue weighted by molar-refractivity contribution is 5.93. The summed E-state index contributed by atoms with van der Waals surface area (Å²) in [6.45, 7) is 2.19. The van der Waals surface area contributed by atoms with E-state index < -0.39 is 17.9 Å². The fourth-order valence-electron chi connectivity index (χ4n) is 1.96. The van der Waals surface area contributed by atoms with Crippen molar-refractivity contribution in [3.63, 3.8) is 0 Å². The summed E-state index contributed by atoms with van der Waals surface area (Å²) in [7, 11) is 0. The molecule has 0 fully saturated rings. The Bertz CT molecular complexity index is 539. The van der Waals surface area contributed by atoms with E-state index in [1.165, 1.54) is 12.3 Å². The number of urea groups is 1. The molecular weight excluding hydrogens is 273 g/mol. The number of pyridine rings is 1. The molecule has 2 heterocycles. The van der Waals surface area contributed by atoms with Gasteiger partial charge in [-0.1, -0.05) is 13.0 Å². The van der Waals surface area contributed by atoms with Crippen LogP contribution < -0.4 is 5.73 Å². The third-order valence-corrected chi connectivity index (χ3v) is 3.16. The van der Waals surface area contributed by atoms with Crippen molar-refractivity contribution in [3.8, 4) is 0 Å². The van der Waals surface area contributed by atoms with Gasteiger partial charge in [-0.3, -0.25) is 4.98 Å². The van der Waals surface area contributed by atoms with Gasteiger partial charge in [-0.15, -0.1) is 0 Å². The number of carbonyl (C=O) groups is 1. The van der Waals surface area contributed by atoms with Gasteiger partial charge in [0.15, 0.2) is 0 Å². The zero-order valence-corrected chi connectivity index (χ0v) is 10.7. The van der Waals surface area contributed by atoms with Gasteiger partial charge in [-0.05, 0) is 11.6 Å². The van der Waals surface area contributed by atoms with Gasteiger partial charge in [0.25, 0.3) is 0 Å². The Labute approximate surface area is 113 Å². The first-order valence-corrected chi connectivity index (χ1v) is 5.96. The summed E-state index contributed by atoms with van der Waals surface area (Å²) in [4.78, 5) is 14.4. The topological polar surface area (TPSA) is 71.6 Å². The Morgan fingerprint density at radius 1 is 1.45 bits per heavy atom. The summed E-state index contributed by atoms with van der Waals surface area (Å²) in [5.74, 6) is -0.214. The highest BCUT2D eigenvalue weighted by Crippen LogP contribution is 2.29. The van der Waals surface area contributed by atoms with Crippen molar-refractivity contribution in [2.75, 3.05) is 6.54 Å². The molecule has 20 heavy (non-hydrogen) atoms. The highest BCUT2D eigenvalue weighted by atomic mass is 19.4. The maximum absolute atomic E-state index is 12.4. The maximum Gasteiger partial charge on any atom is 0.433 e. The van der Waals surface area contributed by atoms with Crippen LogP contribution >= 0.6 is 0 Å². The lowest BCUT2D eigenvalue weighted by Crippen LogP contribution is -2.29. The van der Waals surface area contributed by atoms with Gasteiger partial charge in [0.2, 0.25) is 0 Å². The van der Waals surface area contributed by atoms with E-state index in [-0.39, 0.29) is 5.92 Å². The molecule has 2 N–H and O–H groups in total. The molecule has 1 aromatic heterocycles. The number of aromatic nitrogens is 1. The molecule has 0 bridgehead atoms. The molecule has 1 aliphatic heterocycles. The Hall–Kier alpha value is -2.12. The van der Waals surface area contributed by atoms with E-state index >= 15 is 0 Å². The van der Waals surface area contributed by atoms with Crippen molar-refractivity contribution in [2.45, 2.75) is 25.4 Å². The number of primary amides is 1. The lowest BCUT2D eigenvalue weighted by Gasteiger charge is -2.12. The molecule has 1 aromatic rings. The minimum absolute atomic E-state index is 0.214. The predicted molar refractivity (Wildman–Crippen MR) is 66.0 cm³/mol. The van der Waals surface area contributed by atoms with Crippen LogP contribution in [0.5, 0.6) is 0 Å². The van der Waals surface area contributed by atoms with Crippen LogP contribution in [0.4, 0.5) is 18.0 Å². The Kier molecular flexibility index (Phi) is 3.65. The van der Waals surface area contributed by atoms with Gasteiger partial charge >= 0.3 is 12.2 Å². The summed E-state index contributed by atoms with van der Waals surface area (Å²) in [6, 6.07) is 1.67. The molecule has 108 valence electrons. The molecule has 2 amide bonds. The standard InChI is InChI=1S/C12H13F3N4O/c1-7(9-4-5-19(18-9)11(16)20)8-2-3-10(17-6-8)12(13,14)15/h2-3,6-7H,4-5H2,1H3,(H2,16,20)/t7-/m1/s1. The third-order valence-electron chi connectivity index (χ3n) is 3.16. The summed E-state index contributed by atoms with van der Waals surface area (Å²) in [5.41, 5.74) is 5.49. The molecule has 0 radical (unpaired) electrons. The van der Waals surface area contributed by atoms with Crippen molar-refractivity contribution in [3.05, 3.63) is 29.6 Å². The van der Waals surface area contributed by atoms with Gasteiger partial charge in [0.05, 0.1) is 6.54 Å². The van der Waals surface area contributed by atoms with E-state index in [0.29, 0.717) is 24.2 Å². The van der Waals surface area contributed by atoms with Crippen molar-refractivity contribution in [1.82, 2.24) is 9.99 Å². The van der Waals surface area contributed by atoms with Crippen LogP contribution in [-0.4, -0.2) is 28.3 Å². The smallest absolute Gasteiger partial charge is 0.350 e. The van der Waals surface area contributed by atoms with Gasteiger partial charge in [0, 0.05) is 24.2 Å². The molecule has 1 atom stereocenters. The van der Waals surface area contributed by atoms with E-state index in [4.69, 9.17) is 5.73 Å². The quantitative estimate of drug-likeness (QED) is 0.906. The van der Waals surface area contributed by atoms with E-state index in [2.05, 4.69) is 10.1 Å². The summed E-state index contributed by atoms with van der Waals surface area (Å²) in [6.07, 6.45) is -2.72. The number of halogens is 3. The number of hydrogen-bond donors (Lipinski definition) is 1. The number of carbonyl (C=O) groups excluding carboxylic acids is 1. The normalized spacial score (nSPS) is 17.0. The van der Waals surface area contributed by atoms with Crippen LogP contribution in [0.25, 0.3) is 0 Å². The average molecular weight is 286 g/mol. The van der Waals surface area contributed by atoms with E-state index in [1.54, 1.807) is 6.92 Å².